The first-order chi connectivity index (χ1) is 12.2. The minimum absolute atomic E-state index is 0.00703. The lowest BCUT2D eigenvalue weighted by molar-refractivity contribution is -0.206. The van der Waals surface area contributed by atoms with E-state index in [1.165, 1.54) is 0 Å². The van der Waals surface area contributed by atoms with Crippen LogP contribution in [-0.2, 0) is 28.5 Å². The van der Waals surface area contributed by atoms with Crippen molar-refractivity contribution in [2.24, 2.45) is 34.0 Å². The fourth-order valence-electron chi connectivity index (χ4n) is 8.19. The van der Waals surface area contributed by atoms with Crippen LogP contribution in [0.2, 0.25) is 0 Å². The highest BCUT2D eigenvalue weighted by atomic mass is 16.7. The average Bonchev–Trinajstić information content (AvgIpc) is 3.25. The van der Waals surface area contributed by atoms with E-state index >= 15 is 0 Å². The first-order valence-corrected chi connectivity index (χ1v) is 9.88. The Kier molecular flexibility index (Phi) is 2.53. The zero-order chi connectivity index (χ0) is 18.3. The third-order valence-electron chi connectivity index (χ3n) is 8.68. The topological polar surface area (TPSA) is 71.1 Å². The van der Waals surface area contributed by atoms with E-state index in [1.54, 1.807) is 0 Å². The second-order valence-corrected chi connectivity index (χ2v) is 10.5. The summed E-state index contributed by atoms with van der Waals surface area (Å²) >= 11 is 0. The van der Waals surface area contributed by atoms with Crippen molar-refractivity contribution in [3.8, 4) is 0 Å². The number of esters is 2. The molecular weight excluding hydrogens is 336 g/mol. The molecule has 9 atom stereocenters. The Bertz CT molecular complexity index is 741. The van der Waals surface area contributed by atoms with Gasteiger partial charge in [0.2, 0.25) is 6.29 Å². The van der Waals surface area contributed by atoms with Crippen LogP contribution < -0.4 is 0 Å². The molecule has 6 heteroatoms. The molecule has 2 saturated carbocycles. The fraction of sp³-hybridized carbons (Fsp3) is 0.900. The van der Waals surface area contributed by atoms with E-state index in [4.69, 9.17) is 18.9 Å². The summed E-state index contributed by atoms with van der Waals surface area (Å²) in [6, 6.07) is 0. The molecule has 6 rings (SSSR count). The second-order valence-electron chi connectivity index (χ2n) is 10.5. The van der Waals surface area contributed by atoms with Gasteiger partial charge in [-0.3, -0.25) is 4.79 Å². The van der Waals surface area contributed by atoms with Crippen molar-refractivity contribution in [1.82, 2.24) is 0 Å². The standard InChI is InChI=1S/C20H26O6/c1-9-8-23-10-6-19-12-5-11(17(2,3)4)18(19)7-13(21)25-16(18)26-20(19,14(9)10)15(22)24-12/h9-12,14,16H,5-8H2,1-4H3/t9-,10?,11+,12?,14+,16?,18?,19?,20-/m1/s1. The molecule has 0 amide bonds. The number of carbonyl (C=O) groups is 2. The summed E-state index contributed by atoms with van der Waals surface area (Å²) in [5, 5.41) is 0. The molecule has 0 bridgehead atoms. The van der Waals surface area contributed by atoms with Crippen molar-refractivity contribution in [2.75, 3.05) is 6.61 Å². The molecule has 26 heavy (non-hydrogen) atoms. The highest BCUT2D eigenvalue weighted by molar-refractivity contribution is 5.88. The molecule has 0 aromatic rings. The highest BCUT2D eigenvalue weighted by Gasteiger charge is 2.95. The number of fused-ring (bicyclic) bond motifs is 1. The molecule has 0 aromatic carbocycles. The molecule has 6 fully saturated rings. The van der Waals surface area contributed by atoms with E-state index in [0.29, 0.717) is 13.0 Å². The average molecular weight is 362 g/mol. The molecule has 0 radical (unpaired) electrons. The molecule has 142 valence electrons. The van der Waals surface area contributed by atoms with Crippen LogP contribution >= 0.6 is 0 Å². The number of carbonyl (C=O) groups excluding carboxylic acids is 2. The quantitative estimate of drug-likeness (QED) is 0.614. The smallest absolute Gasteiger partial charge is 0.340 e. The van der Waals surface area contributed by atoms with E-state index in [-0.39, 0.29) is 47.3 Å². The summed E-state index contributed by atoms with van der Waals surface area (Å²) in [7, 11) is 0. The number of rotatable bonds is 0. The summed E-state index contributed by atoms with van der Waals surface area (Å²) in [5.74, 6) is -0.0471. The second kappa shape index (κ2) is 4.14. The molecule has 4 aliphatic heterocycles. The SMILES string of the molecule is C[C@@H]1COC2CC34C5C[C@@H](C(C)(C)C)C36CC(=O)OC6O[C@@]4(C(=O)O5)[C@H]21. The Morgan fingerprint density at radius 2 is 1.92 bits per heavy atom. The van der Waals surface area contributed by atoms with Crippen LogP contribution in [0.3, 0.4) is 0 Å². The summed E-state index contributed by atoms with van der Waals surface area (Å²) in [6.45, 7) is 9.40. The fourth-order valence-corrected chi connectivity index (χ4v) is 8.19. The van der Waals surface area contributed by atoms with Crippen LogP contribution in [0.15, 0.2) is 0 Å². The van der Waals surface area contributed by atoms with Gasteiger partial charge in [0.15, 0.2) is 5.60 Å². The Labute approximate surface area is 152 Å². The lowest BCUT2D eigenvalue weighted by Crippen LogP contribution is -2.55. The molecule has 0 N–H and O–H groups in total. The van der Waals surface area contributed by atoms with Gasteiger partial charge in [-0.1, -0.05) is 27.7 Å². The maximum Gasteiger partial charge on any atom is 0.340 e. The van der Waals surface area contributed by atoms with Crippen LogP contribution in [0.25, 0.3) is 0 Å². The Morgan fingerprint density at radius 1 is 1.15 bits per heavy atom. The van der Waals surface area contributed by atoms with Gasteiger partial charge in [0.1, 0.15) is 6.10 Å². The van der Waals surface area contributed by atoms with Gasteiger partial charge in [0.25, 0.3) is 0 Å². The van der Waals surface area contributed by atoms with Crippen LogP contribution in [0, 0.1) is 34.0 Å². The van der Waals surface area contributed by atoms with Crippen LogP contribution in [0.4, 0.5) is 0 Å². The van der Waals surface area contributed by atoms with Crippen molar-refractivity contribution >= 4 is 11.9 Å². The predicted octanol–water partition coefficient (Wildman–Crippen LogP) is 2.05. The van der Waals surface area contributed by atoms with Crippen LogP contribution in [0.5, 0.6) is 0 Å². The zero-order valence-corrected chi connectivity index (χ0v) is 15.7. The van der Waals surface area contributed by atoms with Crippen molar-refractivity contribution in [3.63, 3.8) is 0 Å². The predicted molar refractivity (Wildman–Crippen MR) is 87.6 cm³/mol. The maximum atomic E-state index is 13.3. The lowest BCUT2D eigenvalue weighted by atomic mass is 9.53. The van der Waals surface area contributed by atoms with Gasteiger partial charge in [-0.25, -0.2) is 4.79 Å². The molecular formula is C20H26O6. The molecule has 6 nitrogen and oxygen atoms in total. The lowest BCUT2D eigenvalue weighted by Gasteiger charge is -2.44. The van der Waals surface area contributed by atoms with Gasteiger partial charge in [-0.15, -0.1) is 0 Å². The van der Waals surface area contributed by atoms with Crippen molar-refractivity contribution in [2.45, 2.75) is 71.1 Å². The van der Waals surface area contributed by atoms with Crippen molar-refractivity contribution in [3.05, 3.63) is 0 Å². The third kappa shape index (κ3) is 1.27. The Morgan fingerprint density at radius 3 is 2.65 bits per heavy atom. The Balaban J connectivity index is 1.63. The number of hydrogen-bond donors (Lipinski definition) is 0. The molecule has 2 spiro atoms. The zero-order valence-electron chi connectivity index (χ0n) is 15.7. The normalized spacial score (nSPS) is 59.1. The molecule has 6 aliphatic rings. The molecule has 4 heterocycles. The third-order valence-corrected chi connectivity index (χ3v) is 8.68. The van der Waals surface area contributed by atoms with Gasteiger partial charge < -0.3 is 18.9 Å². The van der Waals surface area contributed by atoms with E-state index in [2.05, 4.69) is 27.7 Å². The number of hydrogen-bond acceptors (Lipinski definition) is 6. The first kappa shape index (κ1) is 15.9. The molecule has 0 aromatic heterocycles. The van der Waals surface area contributed by atoms with E-state index < -0.39 is 22.7 Å². The van der Waals surface area contributed by atoms with Gasteiger partial charge in [-0.2, -0.15) is 0 Å². The number of ether oxygens (including phenoxy) is 4. The van der Waals surface area contributed by atoms with Crippen molar-refractivity contribution < 1.29 is 28.5 Å². The van der Waals surface area contributed by atoms with E-state index in [0.717, 1.165) is 12.8 Å². The monoisotopic (exact) mass is 362 g/mol. The van der Waals surface area contributed by atoms with E-state index in [1.807, 2.05) is 0 Å². The highest BCUT2D eigenvalue weighted by Crippen LogP contribution is 2.83. The van der Waals surface area contributed by atoms with Gasteiger partial charge >= 0.3 is 11.9 Å². The Hall–Kier alpha value is -1.14. The van der Waals surface area contributed by atoms with Crippen LogP contribution in [-0.4, -0.2) is 42.6 Å². The first-order valence-electron chi connectivity index (χ1n) is 9.88. The summed E-state index contributed by atoms with van der Waals surface area (Å²) in [5.41, 5.74) is -2.05. The molecule has 4 saturated heterocycles. The molecule has 2 aliphatic carbocycles. The molecule has 5 unspecified atom stereocenters. The summed E-state index contributed by atoms with van der Waals surface area (Å²) in [6.07, 6.45) is 1.00. The van der Waals surface area contributed by atoms with E-state index in [9.17, 15) is 9.59 Å². The minimum Gasteiger partial charge on any atom is -0.459 e. The largest absolute Gasteiger partial charge is 0.459 e. The van der Waals surface area contributed by atoms with Crippen molar-refractivity contribution in [1.29, 1.82) is 0 Å². The summed E-state index contributed by atoms with van der Waals surface area (Å²) in [4.78, 5) is 25.7. The minimum atomic E-state index is -1.01. The van der Waals surface area contributed by atoms with Gasteiger partial charge in [-0.05, 0) is 30.1 Å². The summed E-state index contributed by atoms with van der Waals surface area (Å²) < 4.78 is 24.4. The van der Waals surface area contributed by atoms with Crippen LogP contribution in [0.1, 0.15) is 47.0 Å². The van der Waals surface area contributed by atoms with Gasteiger partial charge in [0.05, 0.1) is 23.4 Å². The maximum absolute atomic E-state index is 13.3. The van der Waals surface area contributed by atoms with Gasteiger partial charge in [0, 0.05) is 12.5 Å².